The maximum absolute atomic E-state index is 12.4. The number of carbonyl (C=O) groups is 1. The minimum Gasteiger partial charge on any atom is -0.493 e. The van der Waals surface area contributed by atoms with E-state index in [4.69, 9.17) is 23.7 Å². The molecule has 0 saturated carbocycles. The van der Waals surface area contributed by atoms with Gasteiger partial charge in [-0.2, -0.15) is 0 Å². The molecule has 1 amide bonds. The van der Waals surface area contributed by atoms with Crippen molar-refractivity contribution in [3.63, 3.8) is 0 Å². The quantitative estimate of drug-likeness (QED) is 0.567. The summed E-state index contributed by atoms with van der Waals surface area (Å²) in [5.41, 5.74) is 1.82. The highest BCUT2D eigenvalue weighted by atomic mass is 16.5. The molecule has 1 N–H and O–H groups in total. The second-order valence-electron chi connectivity index (χ2n) is 6.42. The monoisotopic (exact) mass is 417 g/mol. The predicted molar refractivity (Wildman–Crippen MR) is 115 cm³/mol. The van der Waals surface area contributed by atoms with Gasteiger partial charge in [0.1, 0.15) is 0 Å². The van der Waals surface area contributed by atoms with Gasteiger partial charge in [-0.25, -0.2) is 0 Å². The molecule has 0 bridgehead atoms. The lowest BCUT2D eigenvalue weighted by Crippen LogP contribution is -2.23. The maximum atomic E-state index is 12.4. The van der Waals surface area contributed by atoms with Gasteiger partial charge >= 0.3 is 0 Å². The molecule has 0 aliphatic carbocycles. The third-order valence-electron chi connectivity index (χ3n) is 4.51. The van der Waals surface area contributed by atoms with Crippen LogP contribution in [0.2, 0.25) is 0 Å². The van der Waals surface area contributed by atoms with Crippen molar-refractivity contribution in [1.29, 1.82) is 0 Å². The van der Waals surface area contributed by atoms with Crippen molar-refractivity contribution in [1.82, 2.24) is 5.32 Å². The van der Waals surface area contributed by atoms with Crippen LogP contribution in [-0.2, 0) is 17.8 Å². The van der Waals surface area contributed by atoms with E-state index in [1.807, 2.05) is 38.1 Å². The molecule has 0 spiro atoms. The van der Waals surface area contributed by atoms with Gasteiger partial charge in [-0.3, -0.25) is 4.79 Å². The minimum absolute atomic E-state index is 0.0568. The van der Waals surface area contributed by atoms with Crippen LogP contribution in [0.3, 0.4) is 0 Å². The van der Waals surface area contributed by atoms with E-state index in [1.165, 1.54) is 0 Å². The summed E-state index contributed by atoms with van der Waals surface area (Å²) in [5.74, 6) is 2.98. The van der Waals surface area contributed by atoms with E-state index in [-0.39, 0.29) is 5.91 Å². The van der Waals surface area contributed by atoms with Gasteiger partial charge in [0.15, 0.2) is 23.0 Å². The Morgan fingerprint density at radius 3 is 2.13 bits per heavy atom. The average Bonchev–Trinajstić information content (AvgIpc) is 2.77. The van der Waals surface area contributed by atoms with Gasteiger partial charge in [0.05, 0.1) is 34.5 Å². The number of carbonyl (C=O) groups excluding carboxylic acids is 1. The molecule has 0 unspecified atom stereocenters. The Morgan fingerprint density at radius 2 is 1.50 bits per heavy atom. The molecule has 7 heteroatoms. The Hall–Kier alpha value is -3.09. The Kier molecular flexibility index (Phi) is 9.12. The Labute approximate surface area is 178 Å². The smallest absolute Gasteiger partial charge is 0.220 e. The van der Waals surface area contributed by atoms with Crippen LogP contribution < -0.4 is 29.0 Å². The standard InChI is InChI=1S/C23H31NO6/c1-6-29-18-11-8-16(14-20(18)30-7-2)9-13-21(25)24-15-17-10-12-19(26-3)23(28-5)22(17)27-4/h8,10-12,14H,6-7,9,13,15H2,1-5H3,(H,24,25). The second-order valence-corrected chi connectivity index (χ2v) is 6.42. The maximum Gasteiger partial charge on any atom is 0.220 e. The van der Waals surface area contributed by atoms with E-state index >= 15 is 0 Å². The van der Waals surface area contributed by atoms with Crippen molar-refractivity contribution >= 4 is 5.91 Å². The van der Waals surface area contributed by atoms with E-state index in [9.17, 15) is 4.79 Å². The fraction of sp³-hybridized carbons (Fsp3) is 0.435. The van der Waals surface area contributed by atoms with Crippen molar-refractivity contribution < 1.29 is 28.5 Å². The van der Waals surface area contributed by atoms with Gasteiger partial charge in [-0.05, 0) is 50.1 Å². The molecule has 2 rings (SSSR count). The third kappa shape index (κ3) is 5.95. The van der Waals surface area contributed by atoms with Crippen molar-refractivity contribution in [3.8, 4) is 28.7 Å². The lowest BCUT2D eigenvalue weighted by molar-refractivity contribution is -0.121. The van der Waals surface area contributed by atoms with E-state index in [0.29, 0.717) is 61.3 Å². The number of rotatable bonds is 12. The van der Waals surface area contributed by atoms with E-state index in [0.717, 1.165) is 11.1 Å². The molecular weight excluding hydrogens is 386 g/mol. The van der Waals surface area contributed by atoms with Crippen LogP contribution in [-0.4, -0.2) is 40.5 Å². The zero-order chi connectivity index (χ0) is 21.9. The molecule has 0 radical (unpaired) electrons. The van der Waals surface area contributed by atoms with Crippen LogP contribution in [0.25, 0.3) is 0 Å². The Morgan fingerprint density at radius 1 is 0.833 bits per heavy atom. The van der Waals surface area contributed by atoms with Gasteiger partial charge in [0, 0.05) is 18.5 Å². The molecule has 0 aliphatic heterocycles. The summed E-state index contributed by atoms with van der Waals surface area (Å²) < 4.78 is 27.4. The first-order valence-corrected chi connectivity index (χ1v) is 10.0. The van der Waals surface area contributed by atoms with Gasteiger partial charge in [-0.1, -0.05) is 6.07 Å². The minimum atomic E-state index is -0.0568. The highest BCUT2D eigenvalue weighted by Gasteiger charge is 2.16. The molecule has 2 aromatic rings. The number of ether oxygens (including phenoxy) is 5. The molecule has 2 aromatic carbocycles. The van der Waals surface area contributed by atoms with Crippen molar-refractivity contribution in [2.45, 2.75) is 33.2 Å². The number of hydrogen-bond donors (Lipinski definition) is 1. The first-order valence-electron chi connectivity index (χ1n) is 10.0. The van der Waals surface area contributed by atoms with Crippen LogP contribution in [0.4, 0.5) is 0 Å². The first kappa shape index (κ1) is 23.2. The largest absolute Gasteiger partial charge is 0.493 e. The normalized spacial score (nSPS) is 10.3. The van der Waals surface area contributed by atoms with Gasteiger partial charge in [0.2, 0.25) is 11.7 Å². The van der Waals surface area contributed by atoms with Crippen LogP contribution in [0.15, 0.2) is 30.3 Å². The van der Waals surface area contributed by atoms with Crippen molar-refractivity contribution in [2.75, 3.05) is 34.5 Å². The van der Waals surface area contributed by atoms with E-state index in [1.54, 1.807) is 27.4 Å². The first-order chi connectivity index (χ1) is 14.6. The van der Waals surface area contributed by atoms with E-state index < -0.39 is 0 Å². The average molecular weight is 418 g/mol. The summed E-state index contributed by atoms with van der Waals surface area (Å²) in [7, 11) is 4.68. The molecule has 0 atom stereocenters. The summed E-state index contributed by atoms with van der Waals surface area (Å²) in [6.07, 6.45) is 0.955. The number of nitrogens with one attached hydrogen (secondary N) is 1. The van der Waals surface area contributed by atoms with Crippen molar-refractivity contribution in [3.05, 3.63) is 41.5 Å². The van der Waals surface area contributed by atoms with Gasteiger partial charge in [0.25, 0.3) is 0 Å². The lowest BCUT2D eigenvalue weighted by Gasteiger charge is -2.16. The summed E-state index contributed by atoms with van der Waals surface area (Å²) in [6.45, 7) is 5.31. The second kappa shape index (κ2) is 11.8. The van der Waals surface area contributed by atoms with E-state index in [2.05, 4.69) is 5.32 Å². The molecule has 164 valence electrons. The lowest BCUT2D eigenvalue weighted by atomic mass is 10.1. The Balaban J connectivity index is 1.98. The number of aryl methyl sites for hydroxylation is 1. The summed E-state index contributed by atoms with van der Waals surface area (Å²) in [6, 6.07) is 9.41. The summed E-state index contributed by atoms with van der Waals surface area (Å²) in [5, 5.41) is 2.93. The zero-order valence-corrected chi connectivity index (χ0v) is 18.4. The zero-order valence-electron chi connectivity index (χ0n) is 18.4. The molecule has 0 heterocycles. The molecule has 0 saturated heterocycles. The molecular formula is C23H31NO6. The molecule has 0 aliphatic rings. The van der Waals surface area contributed by atoms with Gasteiger partial charge in [-0.15, -0.1) is 0 Å². The van der Waals surface area contributed by atoms with Crippen molar-refractivity contribution in [2.24, 2.45) is 0 Å². The number of methoxy groups -OCH3 is 3. The molecule has 30 heavy (non-hydrogen) atoms. The fourth-order valence-electron chi connectivity index (χ4n) is 3.09. The van der Waals surface area contributed by atoms with Crippen LogP contribution in [0.1, 0.15) is 31.4 Å². The third-order valence-corrected chi connectivity index (χ3v) is 4.51. The summed E-state index contributed by atoms with van der Waals surface area (Å²) in [4.78, 5) is 12.4. The highest BCUT2D eigenvalue weighted by Crippen LogP contribution is 2.39. The van der Waals surface area contributed by atoms with Crippen LogP contribution >= 0.6 is 0 Å². The van der Waals surface area contributed by atoms with Gasteiger partial charge < -0.3 is 29.0 Å². The SMILES string of the molecule is CCOc1ccc(CCC(=O)NCc2ccc(OC)c(OC)c2OC)cc1OCC. The number of amides is 1. The Bertz CT molecular complexity index is 837. The molecule has 0 aromatic heterocycles. The topological polar surface area (TPSA) is 75.3 Å². The fourth-order valence-corrected chi connectivity index (χ4v) is 3.09. The summed E-state index contributed by atoms with van der Waals surface area (Å²) >= 11 is 0. The molecule has 0 fully saturated rings. The predicted octanol–water partition coefficient (Wildman–Crippen LogP) is 3.76. The number of hydrogen-bond acceptors (Lipinski definition) is 6. The van der Waals surface area contributed by atoms with Crippen LogP contribution in [0.5, 0.6) is 28.7 Å². The highest BCUT2D eigenvalue weighted by molar-refractivity contribution is 5.76. The number of benzene rings is 2. The van der Waals surface area contributed by atoms with Crippen LogP contribution in [0, 0.1) is 0 Å². The molecule has 7 nitrogen and oxygen atoms in total.